The van der Waals surface area contributed by atoms with Crippen LogP contribution in [0.4, 0.5) is 0 Å². The highest BCUT2D eigenvalue weighted by atomic mass is 32.2. The van der Waals surface area contributed by atoms with Crippen LogP contribution < -0.4 is 9.47 Å². The Morgan fingerprint density at radius 1 is 1.21 bits per heavy atom. The molecule has 3 rings (SSSR count). The minimum atomic E-state index is -3.60. The van der Waals surface area contributed by atoms with Crippen molar-refractivity contribution in [2.45, 2.75) is 30.7 Å². The number of ether oxygens (including phenoxy) is 2. The predicted octanol–water partition coefficient (Wildman–Crippen LogP) is 3.60. The molecule has 1 fully saturated rings. The number of sulfonamides is 1. The second-order valence-corrected chi connectivity index (χ2v) is 8.60. The third kappa shape index (κ3) is 2.92. The fourth-order valence-corrected chi connectivity index (χ4v) is 6.00. The quantitative estimate of drug-likeness (QED) is 0.810. The zero-order valence-corrected chi connectivity index (χ0v) is 15.6. The molecule has 0 aliphatic carbocycles. The molecule has 2 heterocycles. The molecular formula is C17H21NO4S2. The number of rotatable bonds is 5. The molecule has 1 aliphatic heterocycles. The van der Waals surface area contributed by atoms with Crippen molar-refractivity contribution in [3.63, 3.8) is 0 Å². The van der Waals surface area contributed by atoms with Gasteiger partial charge in [0, 0.05) is 17.5 Å². The Kier molecular flexibility index (Phi) is 4.85. The maximum atomic E-state index is 13.3. The van der Waals surface area contributed by atoms with E-state index in [1.165, 1.54) is 7.11 Å². The van der Waals surface area contributed by atoms with E-state index in [9.17, 15) is 8.42 Å². The fraction of sp³-hybridized carbons (Fsp3) is 0.412. The van der Waals surface area contributed by atoms with Gasteiger partial charge in [-0.1, -0.05) is 6.07 Å². The highest BCUT2D eigenvalue weighted by Crippen LogP contribution is 2.41. The van der Waals surface area contributed by atoms with Gasteiger partial charge in [-0.3, -0.25) is 0 Å². The van der Waals surface area contributed by atoms with Gasteiger partial charge in [0.25, 0.3) is 0 Å². The van der Waals surface area contributed by atoms with Gasteiger partial charge in [-0.25, -0.2) is 8.42 Å². The summed E-state index contributed by atoms with van der Waals surface area (Å²) in [7, 11) is -0.549. The van der Waals surface area contributed by atoms with Gasteiger partial charge in [-0.15, -0.1) is 11.3 Å². The molecule has 24 heavy (non-hydrogen) atoms. The third-order valence-corrected chi connectivity index (χ3v) is 7.37. The SMILES string of the molecule is COc1cc(C)c(S(=O)(=O)N2CCC[C@@H]2c2cccs2)cc1OC. The van der Waals surface area contributed by atoms with E-state index in [0.29, 0.717) is 23.6 Å². The van der Waals surface area contributed by atoms with Crippen LogP contribution in [0.25, 0.3) is 0 Å². The first-order chi connectivity index (χ1) is 11.5. The van der Waals surface area contributed by atoms with Crippen molar-refractivity contribution in [2.24, 2.45) is 0 Å². The largest absolute Gasteiger partial charge is 0.493 e. The molecule has 130 valence electrons. The summed E-state index contributed by atoms with van der Waals surface area (Å²) >= 11 is 1.60. The van der Waals surface area contributed by atoms with Crippen LogP contribution in [0.5, 0.6) is 11.5 Å². The molecule has 1 aliphatic rings. The van der Waals surface area contributed by atoms with Crippen LogP contribution in [0.15, 0.2) is 34.5 Å². The van der Waals surface area contributed by atoms with E-state index in [0.717, 1.165) is 17.7 Å². The topological polar surface area (TPSA) is 55.8 Å². The number of nitrogens with zero attached hydrogens (tertiary/aromatic N) is 1. The van der Waals surface area contributed by atoms with E-state index >= 15 is 0 Å². The Labute approximate surface area is 146 Å². The number of aryl methyl sites for hydroxylation is 1. The molecule has 0 amide bonds. The first-order valence-electron chi connectivity index (χ1n) is 7.77. The van der Waals surface area contributed by atoms with Crippen molar-refractivity contribution >= 4 is 21.4 Å². The minimum absolute atomic E-state index is 0.0810. The summed E-state index contributed by atoms with van der Waals surface area (Å²) in [4.78, 5) is 1.37. The van der Waals surface area contributed by atoms with E-state index < -0.39 is 10.0 Å². The molecule has 1 atom stereocenters. The average molecular weight is 367 g/mol. The van der Waals surface area contributed by atoms with Crippen LogP contribution in [0.2, 0.25) is 0 Å². The van der Waals surface area contributed by atoms with Crippen molar-refractivity contribution in [3.8, 4) is 11.5 Å². The van der Waals surface area contributed by atoms with E-state index in [1.54, 1.807) is 41.8 Å². The summed E-state index contributed by atoms with van der Waals surface area (Å²) in [6.07, 6.45) is 1.72. The first-order valence-corrected chi connectivity index (χ1v) is 10.1. The molecule has 2 aromatic rings. The van der Waals surface area contributed by atoms with E-state index in [4.69, 9.17) is 9.47 Å². The Morgan fingerprint density at radius 3 is 2.54 bits per heavy atom. The molecule has 1 saturated heterocycles. The number of hydrogen-bond acceptors (Lipinski definition) is 5. The number of hydrogen-bond donors (Lipinski definition) is 0. The van der Waals surface area contributed by atoms with Gasteiger partial charge < -0.3 is 9.47 Å². The summed E-state index contributed by atoms with van der Waals surface area (Å²) in [6, 6.07) is 7.16. The molecule has 1 aromatic heterocycles. The summed E-state index contributed by atoms with van der Waals surface area (Å²) in [5, 5.41) is 1.99. The maximum absolute atomic E-state index is 13.3. The lowest BCUT2D eigenvalue weighted by Crippen LogP contribution is -2.30. The fourth-order valence-electron chi connectivity index (χ4n) is 3.16. The van der Waals surface area contributed by atoms with Gasteiger partial charge in [0.2, 0.25) is 10.0 Å². The lowest BCUT2D eigenvalue weighted by molar-refractivity contribution is 0.352. The molecule has 0 bridgehead atoms. The van der Waals surface area contributed by atoms with Crippen molar-refractivity contribution < 1.29 is 17.9 Å². The highest BCUT2D eigenvalue weighted by molar-refractivity contribution is 7.89. The normalized spacial score (nSPS) is 18.7. The highest BCUT2D eigenvalue weighted by Gasteiger charge is 2.37. The van der Waals surface area contributed by atoms with Crippen LogP contribution in [0.3, 0.4) is 0 Å². The Hall–Kier alpha value is -1.57. The summed E-state index contributed by atoms with van der Waals surface area (Å²) in [5.74, 6) is 0.957. The molecule has 0 N–H and O–H groups in total. The van der Waals surface area contributed by atoms with Gasteiger partial charge in [-0.2, -0.15) is 4.31 Å². The number of thiophene rings is 1. The molecule has 1 aromatic carbocycles. The standard InChI is InChI=1S/C17H21NO4S2/c1-12-10-14(21-2)15(22-3)11-17(12)24(19,20)18-8-4-6-13(18)16-7-5-9-23-16/h5,7,9-11,13H,4,6,8H2,1-3H3/t13-/m1/s1. The zero-order valence-electron chi connectivity index (χ0n) is 14.0. The summed E-state index contributed by atoms with van der Waals surface area (Å²) in [6.45, 7) is 2.32. The van der Waals surface area contributed by atoms with Crippen LogP contribution >= 0.6 is 11.3 Å². The van der Waals surface area contributed by atoms with Gasteiger partial charge in [0.05, 0.1) is 25.2 Å². The second-order valence-electron chi connectivity index (χ2n) is 5.76. The summed E-state index contributed by atoms with van der Waals surface area (Å²) in [5.41, 5.74) is 0.657. The van der Waals surface area contributed by atoms with Crippen LogP contribution in [0, 0.1) is 6.92 Å². The average Bonchev–Trinajstić information content (AvgIpc) is 3.24. The minimum Gasteiger partial charge on any atom is -0.493 e. The maximum Gasteiger partial charge on any atom is 0.244 e. The van der Waals surface area contributed by atoms with Crippen molar-refractivity contribution in [1.29, 1.82) is 0 Å². The lowest BCUT2D eigenvalue weighted by atomic mass is 10.2. The van der Waals surface area contributed by atoms with Crippen molar-refractivity contribution in [1.82, 2.24) is 4.31 Å². The van der Waals surface area contributed by atoms with Gasteiger partial charge in [0.1, 0.15) is 0 Å². The van der Waals surface area contributed by atoms with Crippen LogP contribution in [-0.4, -0.2) is 33.5 Å². The van der Waals surface area contributed by atoms with E-state index in [2.05, 4.69) is 0 Å². The number of methoxy groups -OCH3 is 2. The van der Waals surface area contributed by atoms with Crippen LogP contribution in [0.1, 0.15) is 29.3 Å². The Balaban J connectivity index is 2.04. The first kappa shape index (κ1) is 17.3. The molecule has 7 heteroatoms. The number of benzene rings is 1. The Bertz CT molecular complexity index is 815. The predicted molar refractivity (Wildman–Crippen MR) is 94.5 cm³/mol. The molecule has 5 nitrogen and oxygen atoms in total. The molecular weight excluding hydrogens is 346 g/mol. The van der Waals surface area contributed by atoms with E-state index in [-0.39, 0.29) is 10.9 Å². The van der Waals surface area contributed by atoms with Crippen molar-refractivity contribution in [2.75, 3.05) is 20.8 Å². The van der Waals surface area contributed by atoms with Crippen LogP contribution in [-0.2, 0) is 10.0 Å². The molecule has 0 saturated carbocycles. The van der Waals surface area contributed by atoms with Crippen molar-refractivity contribution in [3.05, 3.63) is 40.1 Å². The smallest absolute Gasteiger partial charge is 0.244 e. The van der Waals surface area contributed by atoms with Gasteiger partial charge in [-0.05, 0) is 42.8 Å². The van der Waals surface area contributed by atoms with Gasteiger partial charge in [0.15, 0.2) is 11.5 Å². The molecule has 0 radical (unpaired) electrons. The summed E-state index contributed by atoms with van der Waals surface area (Å²) < 4.78 is 38.7. The molecule has 0 spiro atoms. The monoisotopic (exact) mass is 367 g/mol. The zero-order chi connectivity index (χ0) is 17.3. The molecule has 0 unspecified atom stereocenters. The third-order valence-electron chi connectivity index (χ3n) is 4.34. The Morgan fingerprint density at radius 2 is 1.92 bits per heavy atom. The second kappa shape index (κ2) is 6.74. The lowest BCUT2D eigenvalue weighted by Gasteiger charge is -2.24. The van der Waals surface area contributed by atoms with E-state index in [1.807, 2.05) is 17.5 Å². The van der Waals surface area contributed by atoms with Gasteiger partial charge >= 0.3 is 0 Å².